The lowest BCUT2D eigenvalue weighted by Gasteiger charge is -2.74. The normalized spacial score (nSPS) is 34.8. The Morgan fingerprint density at radius 3 is 1.45 bits per heavy atom. The van der Waals surface area contributed by atoms with Gasteiger partial charge in [-0.15, -0.1) is 0 Å². The molecule has 4 unspecified atom stereocenters. The zero-order valence-corrected chi connectivity index (χ0v) is 23.1. The summed E-state index contributed by atoms with van der Waals surface area (Å²) in [4.78, 5) is 0. The molecular formula is C40H36. The predicted molar refractivity (Wildman–Crippen MR) is 166 cm³/mol. The van der Waals surface area contributed by atoms with E-state index in [1.165, 1.54) is 63.1 Å². The summed E-state index contributed by atoms with van der Waals surface area (Å²) in [5, 5.41) is 5.42. The Labute approximate surface area is 237 Å². The van der Waals surface area contributed by atoms with Crippen LogP contribution in [0.3, 0.4) is 0 Å². The Bertz CT molecular complexity index is 1710. The molecule has 0 N–H and O–H groups in total. The molecule has 196 valence electrons. The average Bonchev–Trinajstić information content (AvgIpc) is 3.02. The number of hydrogen-bond donors (Lipinski definition) is 0. The highest BCUT2D eigenvalue weighted by Gasteiger charge is 2.70. The van der Waals surface area contributed by atoms with Crippen molar-refractivity contribution in [1.29, 1.82) is 0 Å². The third-order valence-electron chi connectivity index (χ3n) is 12.8. The maximum Gasteiger partial charge on any atom is 0.00178 e. The SMILES string of the molecule is c1ccc(-c2c3ccccc3c(-c3ccc(C45CC6CC7C8CC(CC74)CC5C8C6)cc3)c3ccccc23)cc1. The highest BCUT2D eigenvalue weighted by Crippen LogP contribution is 2.76. The van der Waals surface area contributed by atoms with Gasteiger partial charge >= 0.3 is 0 Å². The molecule has 0 spiro atoms. The smallest absolute Gasteiger partial charge is 0.00178 e. The van der Waals surface area contributed by atoms with Crippen LogP contribution in [0.25, 0.3) is 43.8 Å². The fourth-order valence-corrected chi connectivity index (χ4v) is 11.8. The van der Waals surface area contributed by atoms with Crippen molar-refractivity contribution in [2.75, 3.05) is 0 Å². The second-order valence-corrected chi connectivity index (χ2v) is 14.1. The molecule has 7 saturated carbocycles. The maximum absolute atomic E-state index is 2.59. The molecule has 4 atom stereocenters. The van der Waals surface area contributed by atoms with E-state index in [-0.39, 0.29) is 0 Å². The molecule has 7 aliphatic rings. The molecule has 7 aliphatic carbocycles. The molecule has 0 radical (unpaired) electrons. The minimum atomic E-state index is 0.476. The van der Waals surface area contributed by atoms with Crippen molar-refractivity contribution in [2.24, 2.45) is 41.4 Å². The highest BCUT2D eigenvalue weighted by atomic mass is 14.7. The van der Waals surface area contributed by atoms with Crippen LogP contribution < -0.4 is 0 Å². The number of hydrogen-bond acceptors (Lipinski definition) is 0. The van der Waals surface area contributed by atoms with Gasteiger partial charge in [-0.25, -0.2) is 0 Å². The molecule has 0 aromatic heterocycles. The molecular weight excluding hydrogens is 480 g/mol. The van der Waals surface area contributed by atoms with Crippen molar-refractivity contribution in [3.63, 3.8) is 0 Å². The van der Waals surface area contributed by atoms with Crippen LogP contribution in [0, 0.1) is 41.4 Å². The van der Waals surface area contributed by atoms with Gasteiger partial charge in [0.2, 0.25) is 0 Å². The number of benzene rings is 5. The summed E-state index contributed by atoms with van der Waals surface area (Å²) in [7, 11) is 0. The summed E-state index contributed by atoms with van der Waals surface area (Å²) in [6.45, 7) is 0. The molecule has 0 nitrogen and oxygen atoms in total. The first kappa shape index (κ1) is 22.3. The topological polar surface area (TPSA) is 0 Å². The van der Waals surface area contributed by atoms with E-state index in [2.05, 4.69) is 103 Å². The van der Waals surface area contributed by atoms with E-state index in [0.717, 1.165) is 41.4 Å². The number of rotatable bonds is 3. The maximum atomic E-state index is 2.59. The predicted octanol–water partition coefficient (Wildman–Crippen LogP) is 10.3. The molecule has 5 aromatic rings. The van der Waals surface area contributed by atoms with Gasteiger partial charge in [0.15, 0.2) is 0 Å². The van der Waals surface area contributed by atoms with Crippen LogP contribution in [-0.4, -0.2) is 0 Å². The first-order valence-electron chi connectivity index (χ1n) is 15.9. The van der Waals surface area contributed by atoms with Gasteiger partial charge in [-0.3, -0.25) is 0 Å². The molecule has 0 saturated heterocycles. The third-order valence-corrected chi connectivity index (χ3v) is 12.8. The van der Waals surface area contributed by atoms with E-state index in [4.69, 9.17) is 0 Å². The largest absolute Gasteiger partial charge is 0.0622 e. The fraction of sp³-hybridized carbons (Fsp3) is 0.350. The minimum absolute atomic E-state index is 0.476. The van der Waals surface area contributed by atoms with Crippen LogP contribution in [0.5, 0.6) is 0 Å². The highest BCUT2D eigenvalue weighted by molar-refractivity contribution is 6.21. The van der Waals surface area contributed by atoms with E-state index in [9.17, 15) is 0 Å². The van der Waals surface area contributed by atoms with Gasteiger partial charge in [0.25, 0.3) is 0 Å². The first-order chi connectivity index (χ1) is 19.8. The van der Waals surface area contributed by atoms with Crippen molar-refractivity contribution in [2.45, 2.75) is 43.9 Å². The van der Waals surface area contributed by atoms with Gasteiger partial charge in [0.1, 0.15) is 0 Å². The lowest BCUT2D eigenvalue weighted by Crippen LogP contribution is -2.69. The molecule has 12 rings (SSSR count). The minimum Gasteiger partial charge on any atom is -0.0622 e. The molecule has 0 amide bonds. The summed E-state index contributed by atoms with van der Waals surface area (Å²) >= 11 is 0. The van der Waals surface area contributed by atoms with Gasteiger partial charge in [-0.2, -0.15) is 0 Å². The van der Waals surface area contributed by atoms with Crippen LogP contribution in [0.4, 0.5) is 0 Å². The summed E-state index contributed by atoms with van der Waals surface area (Å²) in [5.74, 6) is 7.09. The van der Waals surface area contributed by atoms with Gasteiger partial charge in [0, 0.05) is 5.41 Å². The summed E-state index contributed by atoms with van der Waals surface area (Å²) in [5.41, 5.74) is 7.58. The van der Waals surface area contributed by atoms with Crippen LogP contribution in [0.15, 0.2) is 103 Å². The van der Waals surface area contributed by atoms with Crippen molar-refractivity contribution in [3.8, 4) is 22.3 Å². The lowest BCUT2D eigenvalue weighted by atomic mass is 9.30. The van der Waals surface area contributed by atoms with Gasteiger partial charge in [0.05, 0.1) is 0 Å². The van der Waals surface area contributed by atoms with Gasteiger partial charge in [-0.05, 0) is 129 Å². The van der Waals surface area contributed by atoms with E-state index in [1.807, 2.05) is 0 Å². The summed E-state index contributed by atoms with van der Waals surface area (Å²) in [6.07, 6.45) is 9.20. The zero-order valence-electron chi connectivity index (χ0n) is 23.1. The van der Waals surface area contributed by atoms with E-state index < -0.39 is 0 Å². The Hall–Kier alpha value is -3.38. The zero-order chi connectivity index (χ0) is 26.0. The molecule has 0 heteroatoms. The third kappa shape index (κ3) is 2.73. The van der Waals surface area contributed by atoms with Crippen molar-refractivity contribution in [1.82, 2.24) is 0 Å². The van der Waals surface area contributed by atoms with Crippen LogP contribution in [0.2, 0.25) is 0 Å². The second kappa shape index (κ2) is 7.88. The van der Waals surface area contributed by atoms with Crippen LogP contribution >= 0.6 is 0 Å². The Morgan fingerprint density at radius 1 is 0.425 bits per heavy atom. The second-order valence-electron chi connectivity index (χ2n) is 14.1. The Kier molecular flexibility index (Phi) is 4.40. The lowest BCUT2D eigenvalue weighted by molar-refractivity contribution is -0.220. The van der Waals surface area contributed by atoms with E-state index in [1.54, 1.807) is 24.8 Å². The molecule has 40 heavy (non-hydrogen) atoms. The van der Waals surface area contributed by atoms with Crippen molar-refractivity contribution >= 4 is 21.5 Å². The van der Waals surface area contributed by atoms with Crippen LogP contribution in [0.1, 0.15) is 44.1 Å². The van der Waals surface area contributed by atoms with Crippen molar-refractivity contribution < 1.29 is 0 Å². The van der Waals surface area contributed by atoms with E-state index in [0.29, 0.717) is 5.41 Å². The molecule has 5 aromatic carbocycles. The quantitative estimate of drug-likeness (QED) is 0.209. The summed E-state index contributed by atoms with van der Waals surface area (Å²) in [6, 6.07) is 39.3. The van der Waals surface area contributed by atoms with E-state index >= 15 is 0 Å². The Morgan fingerprint density at radius 2 is 0.900 bits per heavy atom. The first-order valence-corrected chi connectivity index (χ1v) is 15.9. The molecule has 8 bridgehead atoms. The number of fused-ring (bicyclic) bond motifs is 2. The van der Waals surface area contributed by atoms with Crippen LogP contribution in [-0.2, 0) is 5.41 Å². The van der Waals surface area contributed by atoms with Crippen molar-refractivity contribution in [3.05, 3.63) is 109 Å². The molecule has 0 heterocycles. The Balaban J connectivity index is 1.16. The van der Waals surface area contributed by atoms with Gasteiger partial charge < -0.3 is 0 Å². The monoisotopic (exact) mass is 516 g/mol. The standard InChI is InChI=1S/C40H36/c1-2-8-26(9-3-1)38-29-10-4-6-12-31(29)39(32-13-7-5-11-30(32)38)27-14-16-28(17-15-27)40-23-25-19-34-33-18-24(21-36(34)40)22-37(40)35(33)20-25/h1-17,24-25,33-37H,18-23H2. The molecule has 7 fully saturated rings. The van der Waals surface area contributed by atoms with Gasteiger partial charge in [-0.1, -0.05) is 103 Å². The summed E-state index contributed by atoms with van der Waals surface area (Å²) < 4.78 is 0. The average molecular weight is 517 g/mol. The molecule has 0 aliphatic heterocycles. The fourth-order valence-electron chi connectivity index (χ4n) is 11.8.